The van der Waals surface area contributed by atoms with Gasteiger partial charge >= 0.3 is 5.69 Å². The molecule has 2 rings (SSSR count). The lowest BCUT2D eigenvalue weighted by atomic mass is 10.1. The molecule has 0 aliphatic rings. The maximum Gasteiger partial charge on any atom is 0.304 e. The van der Waals surface area contributed by atoms with E-state index in [1.54, 1.807) is 0 Å². The molecule has 1 unspecified atom stereocenters. The van der Waals surface area contributed by atoms with Crippen LogP contribution in [0.25, 0.3) is 0 Å². The molecule has 1 atom stereocenters. The lowest BCUT2D eigenvalue weighted by Crippen LogP contribution is -2.22. The van der Waals surface area contributed by atoms with Crippen molar-refractivity contribution in [2.45, 2.75) is 50.4 Å². The van der Waals surface area contributed by atoms with Crippen molar-refractivity contribution in [2.24, 2.45) is 0 Å². The van der Waals surface area contributed by atoms with Crippen LogP contribution in [0, 0.1) is 17.0 Å². The van der Waals surface area contributed by atoms with E-state index in [1.807, 2.05) is 45.5 Å². The van der Waals surface area contributed by atoms with Crippen molar-refractivity contribution in [1.82, 2.24) is 9.78 Å². The monoisotopic (exact) mass is 386 g/mol. The molecule has 0 aromatic carbocycles. The van der Waals surface area contributed by atoms with Crippen LogP contribution >= 0.6 is 11.3 Å². The molecule has 0 saturated carbocycles. The fourth-order valence-corrected chi connectivity index (χ4v) is 4.32. The number of aryl methyl sites for hydroxylation is 1. The normalized spacial score (nSPS) is 13.7. The number of nitrogens with one attached hydrogen (secondary N) is 1. The molecule has 8 nitrogen and oxygen atoms in total. The molecule has 25 heavy (non-hydrogen) atoms. The zero-order valence-corrected chi connectivity index (χ0v) is 16.7. The molecule has 138 valence electrons. The molecule has 2 aromatic rings. The van der Waals surface area contributed by atoms with Crippen molar-refractivity contribution >= 4 is 31.9 Å². The smallest absolute Gasteiger partial charge is 0.304 e. The summed E-state index contributed by atoms with van der Waals surface area (Å²) < 4.78 is 25.2. The number of nitro groups is 1. The number of thiophene rings is 1. The standard InChI is InChI=1S/C15H22N4O4S2/c1-9(11-8-18(15(3,4)5)17-10(11)2)16-14-12(19(20)21)7-13(24-14)25(6,22)23/h7-9,16H,1-6H3. The predicted molar refractivity (Wildman–Crippen MR) is 98.1 cm³/mol. The minimum absolute atomic E-state index is 0.0315. The molecule has 0 bridgehead atoms. The van der Waals surface area contributed by atoms with E-state index in [0.717, 1.165) is 34.9 Å². The van der Waals surface area contributed by atoms with E-state index < -0.39 is 14.8 Å². The zero-order chi connectivity index (χ0) is 19.2. The van der Waals surface area contributed by atoms with Crippen LogP contribution in [0.2, 0.25) is 0 Å². The molecule has 0 spiro atoms. The van der Waals surface area contributed by atoms with Gasteiger partial charge in [0.25, 0.3) is 0 Å². The Hall–Kier alpha value is -1.94. The van der Waals surface area contributed by atoms with Crippen molar-refractivity contribution in [3.63, 3.8) is 0 Å². The molecule has 0 aliphatic heterocycles. The SMILES string of the molecule is Cc1nn(C(C)(C)C)cc1C(C)Nc1sc(S(C)(=O)=O)cc1[N+](=O)[O-]. The number of sulfone groups is 1. The molecule has 2 heterocycles. The molecule has 0 saturated heterocycles. The van der Waals surface area contributed by atoms with E-state index >= 15 is 0 Å². The van der Waals surface area contributed by atoms with Crippen molar-refractivity contribution in [1.29, 1.82) is 0 Å². The van der Waals surface area contributed by atoms with Crippen molar-refractivity contribution < 1.29 is 13.3 Å². The van der Waals surface area contributed by atoms with Crippen molar-refractivity contribution in [2.75, 3.05) is 11.6 Å². The van der Waals surface area contributed by atoms with Gasteiger partial charge in [0.05, 0.1) is 22.2 Å². The molecule has 0 amide bonds. The molecule has 0 aliphatic carbocycles. The largest absolute Gasteiger partial charge is 0.365 e. The molecule has 0 radical (unpaired) electrons. The van der Waals surface area contributed by atoms with Gasteiger partial charge in [-0.25, -0.2) is 8.42 Å². The average Bonchev–Trinajstić information content (AvgIpc) is 3.01. The van der Waals surface area contributed by atoms with Crippen molar-refractivity contribution in [3.05, 3.63) is 33.6 Å². The molecular weight excluding hydrogens is 364 g/mol. The maximum atomic E-state index is 11.7. The summed E-state index contributed by atoms with van der Waals surface area (Å²) in [6.45, 7) is 9.83. The molecule has 2 aromatic heterocycles. The van der Waals surface area contributed by atoms with Crippen LogP contribution in [0.5, 0.6) is 0 Å². The van der Waals surface area contributed by atoms with Crippen LogP contribution < -0.4 is 5.32 Å². The Kier molecular flexibility index (Phi) is 4.97. The highest BCUT2D eigenvalue weighted by atomic mass is 32.2. The van der Waals surface area contributed by atoms with Crippen LogP contribution in [-0.2, 0) is 15.4 Å². The van der Waals surface area contributed by atoms with Crippen LogP contribution in [0.1, 0.15) is 45.0 Å². The van der Waals surface area contributed by atoms with Gasteiger partial charge in [-0.05, 0) is 34.6 Å². The van der Waals surface area contributed by atoms with Crippen LogP contribution in [0.3, 0.4) is 0 Å². The summed E-state index contributed by atoms with van der Waals surface area (Å²) in [5, 5.41) is 19.0. The Morgan fingerprint density at radius 1 is 1.40 bits per heavy atom. The first-order valence-electron chi connectivity index (χ1n) is 7.62. The lowest BCUT2D eigenvalue weighted by Gasteiger charge is -2.19. The van der Waals surface area contributed by atoms with E-state index in [-0.39, 0.29) is 26.5 Å². The summed E-state index contributed by atoms with van der Waals surface area (Å²) in [6, 6.07) is 0.835. The number of nitrogens with zero attached hydrogens (tertiary/aromatic N) is 3. The summed E-state index contributed by atoms with van der Waals surface area (Å²) in [4.78, 5) is 10.7. The fraction of sp³-hybridized carbons (Fsp3) is 0.533. The number of rotatable bonds is 5. The third-order valence-corrected chi connectivity index (χ3v) is 6.55. The quantitative estimate of drug-likeness (QED) is 0.622. The van der Waals surface area contributed by atoms with Gasteiger partial charge in [0.1, 0.15) is 4.21 Å². The highest BCUT2D eigenvalue weighted by Crippen LogP contribution is 2.39. The Balaban J connectivity index is 2.38. The second-order valence-corrected chi connectivity index (χ2v) is 10.3. The van der Waals surface area contributed by atoms with Gasteiger partial charge in [0.2, 0.25) is 0 Å². The number of hydrogen-bond acceptors (Lipinski definition) is 7. The minimum atomic E-state index is -3.50. The summed E-state index contributed by atoms with van der Waals surface area (Å²) in [6.07, 6.45) is 2.94. The minimum Gasteiger partial charge on any atom is -0.365 e. The second-order valence-electron chi connectivity index (χ2n) is 6.96. The molecule has 1 N–H and O–H groups in total. The highest BCUT2D eigenvalue weighted by Gasteiger charge is 2.26. The summed E-state index contributed by atoms with van der Waals surface area (Å²) in [5.74, 6) is 0. The van der Waals surface area contributed by atoms with Crippen molar-refractivity contribution in [3.8, 4) is 0 Å². The fourth-order valence-electron chi connectivity index (χ4n) is 2.30. The van der Waals surface area contributed by atoms with Crippen LogP contribution in [0.15, 0.2) is 16.5 Å². The number of anilines is 1. The summed E-state index contributed by atoms with van der Waals surface area (Å²) in [5.41, 5.74) is 1.30. The van der Waals surface area contributed by atoms with Gasteiger partial charge in [-0.15, -0.1) is 0 Å². The van der Waals surface area contributed by atoms with E-state index in [0.29, 0.717) is 0 Å². The van der Waals surface area contributed by atoms with Gasteiger partial charge in [-0.1, -0.05) is 11.3 Å². The van der Waals surface area contributed by atoms with Gasteiger partial charge in [0, 0.05) is 24.1 Å². The number of hydrogen-bond donors (Lipinski definition) is 1. The molecule has 10 heteroatoms. The molecular formula is C15H22N4O4S2. The van der Waals surface area contributed by atoms with E-state index in [2.05, 4.69) is 10.4 Å². The van der Waals surface area contributed by atoms with E-state index in [9.17, 15) is 18.5 Å². The van der Waals surface area contributed by atoms with Gasteiger partial charge in [-0.3, -0.25) is 14.8 Å². The maximum absolute atomic E-state index is 11.7. The van der Waals surface area contributed by atoms with E-state index in [1.165, 1.54) is 0 Å². The Morgan fingerprint density at radius 2 is 2.00 bits per heavy atom. The van der Waals surface area contributed by atoms with Gasteiger partial charge < -0.3 is 5.32 Å². The van der Waals surface area contributed by atoms with Gasteiger partial charge in [0.15, 0.2) is 14.8 Å². The van der Waals surface area contributed by atoms with Crippen LogP contribution in [0.4, 0.5) is 10.7 Å². The Labute approximate surface area is 150 Å². The Bertz CT molecular complexity index is 907. The topological polar surface area (TPSA) is 107 Å². The molecule has 0 fully saturated rings. The third-order valence-electron chi connectivity index (χ3n) is 3.69. The van der Waals surface area contributed by atoms with Crippen LogP contribution in [-0.4, -0.2) is 29.4 Å². The Morgan fingerprint density at radius 3 is 2.44 bits per heavy atom. The summed E-state index contributed by atoms with van der Waals surface area (Å²) >= 11 is 0.868. The first-order chi connectivity index (χ1) is 11.3. The average molecular weight is 386 g/mol. The first-order valence-corrected chi connectivity index (χ1v) is 10.3. The number of aromatic nitrogens is 2. The highest BCUT2D eigenvalue weighted by molar-refractivity contribution is 7.92. The van der Waals surface area contributed by atoms with E-state index in [4.69, 9.17) is 0 Å². The lowest BCUT2D eigenvalue weighted by molar-refractivity contribution is -0.383. The summed E-state index contributed by atoms with van der Waals surface area (Å²) in [7, 11) is -3.50. The third kappa shape index (κ3) is 4.18. The van der Waals surface area contributed by atoms with Gasteiger partial charge in [-0.2, -0.15) is 5.10 Å². The second kappa shape index (κ2) is 6.41. The first kappa shape index (κ1) is 19.4. The zero-order valence-electron chi connectivity index (χ0n) is 15.0. The predicted octanol–water partition coefficient (Wildman–Crippen LogP) is 3.49.